The highest BCUT2D eigenvalue weighted by molar-refractivity contribution is 7.87. The van der Waals surface area contributed by atoms with Gasteiger partial charge in [0.25, 0.3) is 11.6 Å². The predicted molar refractivity (Wildman–Crippen MR) is 127 cm³/mol. The Morgan fingerprint density at radius 1 is 1.06 bits per heavy atom. The van der Waals surface area contributed by atoms with Gasteiger partial charge in [-0.2, -0.15) is 13.7 Å². The van der Waals surface area contributed by atoms with Crippen molar-refractivity contribution in [1.29, 1.82) is 5.26 Å². The number of benzene rings is 3. The second-order valence-electron chi connectivity index (χ2n) is 7.19. The van der Waals surface area contributed by atoms with Crippen molar-refractivity contribution in [1.82, 2.24) is 0 Å². The minimum absolute atomic E-state index is 0.0282. The van der Waals surface area contributed by atoms with Gasteiger partial charge in [-0.3, -0.25) is 14.9 Å². The van der Waals surface area contributed by atoms with Crippen LogP contribution in [-0.2, 0) is 14.9 Å². The summed E-state index contributed by atoms with van der Waals surface area (Å²) >= 11 is 0. The van der Waals surface area contributed by atoms with Gasteiger partial charge in [-0.25, -0.2) is 0 Å². The number of nitriles is 1. The van der Waals surface area contributed by atoms with Gasteiger partial charge in [-0.05, 0) is 55.0 Å². The average molecular weight is 493 g/mol. The first-order valence-electron chi connectivity index (χ1n) is 10.00. The molecule has 11 heteroatoms. The van der Waals surface area contributed by atoms with Gasteiger partial charge in [0.05, 0.1) is 12.0 Å². The lowest BCUT2D eigenvalue weighted by atomic mass is 10.1. The van der Waals surface area contributed by atoms with Gasteiger partial charge >= 0.3 is 10.1 Å². The third-order valence-corrected chi connectivity index (χ3v) is 5.96. The molecule has 0 bridgehead atoms. The number of rotatable bonds is 8. The van der Waals surface area contributed by atoms with E-state index in [1.807, 2.05) is 25.1 Å². The number of carbonyl (C=O) groups is 1. The van der Waals surface area contributed by atoms with Gasteiger partial charge in [0.2, 0.25) is 0 Å². The van der Waals surface area contributed by atoms with Crippen LogP contribution < -0.4 is 14.2 Å². The Hall–Kier alpha value is -4.69. The van der Waals surface area contributed by atoms with Gasteiger partial charge in [0.15, 0.2) is 11.5 Å². The van der Waals surface area contributed by atoms with Crippen molar-refractivity contribution in [3.8, 4) is 17.6 Å². The number of anilines is 1. The Morgan fingerprint density at radius 3 is 2.29 bits per heavy atom. The zero-order chi connectivity index (χ0) is 25.6. The highest BCUT2D eigenvalue weighted by Crippen LogP contribution is 2.32. The number of hydrogen-bond acceptors (Lipinski definition) is 8. The van der Waals surface area contributed by atoms with E-state index in [0.29, 0.717) is 11.3 Å². The molecular formula is C24H19N3O7S. The monoisotopic (exact) mass is 493 g/mol. The number of non-ortho nitro benzene ring substituents is 1. The summed E-state index contributed by atoms with van der Waals surface area (Å²) in [5.41, 5.74) is 1.48. The summed E-state index contributed by atoms with van der Waals surface area (Å²) in [4.78, 5) is 22.3. The molecule has 0 aliphatic heterocycles. The predicted octanol–water partition coefficient (Wildman–Crippen LogP) is 4.23. The van der Waals surface area contributed by atoms with Gasteiger partial charge in [-0.1, -0.05) is 23.8 Å². The molecule has 3 rings (SSSR count). The van der Waals surface area contributed by atoms with Crippen molar-refractivity contribution < 1.29 is 27.1 Å². The van der Waals surface area contributed by atoms with E-state index in [9.17, 15) is 28.6 Å². The van der Waals surface area contributed by atoms with Gasteiger partial charge < -0.3 is 14.2 Å². The summed E-state index contributed by atoms with van der Waals surface area (Å²) in [7, 11) is -3.02. The van der Waals surface area contributed by atoms with Crippen molar-refractivity contribution in [2.75, 3.05) is 12.4 Å². The van der Waals surface area contributed by atoms with Crippen molar-refractivity contribution in [3.05, 3.63) is 93.5 Å². The van der Waals surface area contributed by atoms with Gasteiger partial charge in [0.1, 0.15) is 16.5 Å². The van der Waals surface area contributed by atoms with E-state index in [4.69, 9.17) is 8.92 Å². The summed E-state index contributed by atoms with van der Waals surface area (Å²) < 4.78 is 35.5. The average Bonchev–Trinajstić information content (AvgIpc) is 2.84. The smallest absolute Gasteiger partial charge is 0.339 e. The number of nitrogens with zero attached hydrogens (tertiary/aromatic N) is 2. The van der Waals surface area contributed by atoms with Crippen LogP contribution in [0.1, 0.15) is 11.1 Å². The fourth-order valence-corrected chi connectivity index (χ4v) is 3.83. The summed E-state index contributed by atoms with van der Waals surface area (Å²) in [5.74, 6) is -0.734. The molecule has 3 aromatic rings. The molecule has 178 valence electrons. The first-order chi connectivity index (χ1) is 16.6. The molecule has 0 aromatic heterocycles. The van der Waals surface area contributed by atoms with Crippen LogP contribution in [0.4, 0.5) is 11.4 Å². The molecule has 0 atom stereocenters. The normalized spacial score (nSPS) is 11.3. The van der Waals surface area contributed by atoms with E-state index in [0.717, 1.165) is 29.8 Å². The first-order valence-corrected chi connectivity index (χ1v) is 11.4. The Kier molecular flexibility index (Phi) is 7.48. The van der Waals surface area contributed by atoms with Gasteiger partial charge in [-0.15, -0.1) is 0 Å². The highest BCUT2D eigenvalue weighted by atomic mass is 32.2. The number of nitrogens with one attached hydrogen (secondary N) is 1. The first kappa shape index (κ1) is 24.9. The number of hydrogen-bond donors (Lipinski definition) is 1. The van der Waals surface area contributed by atoms with E-state index >= 15 is 0 Å². The zero-order valence-corrected chi connectivity index (χ0v) is 19.4. The van der Waals surface area contributed by atoms with Crippen molar-refractivity contribution in [2.24, 2.45) is 0 Å². The summed E-state index contributed by atoms with van der Waals surface area (Å²) in [6, 6.07) is 17.3. The molecule has 0 unspecified atom stereocenters. The molecule has 0 radical (unpaired) electrons. The summed E-state index contributed by atoms with van der Waals surface area (Å²) in [6.45, 7) is 1.91. The number of ether oxygens (including phenoxy) is 1. The van der Waals surface area contributed by atoms with Crippen LogP contribution in [0.25, 0.3) is 6.08 Å². The molecule has 0 saturated heterocycles. The third kappa shape index (κ3) is 6.21. The number of nitro benzene ring substituents is 1. The second kappa shape index (κ2) is 10.5. The highest BCUT2D eigenvalue weighted by Gasteiger charge is 2.21. The minimum atomic E-state index is -4.31. The minimum Gasteiger partial charge on any atom is -0.493 e. The molecule has 1 amide bonds. The molecule has 0 spiro atoms. The van der Waals surface area contributed by atoms with Crippen molar-refractivity contribution in [2.45, 2.75) is 11.8 Å². The second-order valence-corrected chi connectivity index (χ2v) is 8.74. The molecule has 0 aliphatic rings. The van der Waals surface area contributed by atoms with Crippen LogP contribution in [0.3, 0.4) is 0 Å². The van der Waals surface area contributed by atoms with Crippen LogP contribution in [-0.4, -0.2) is 26.4 Å². The Labute approximate surface area is 201 Å². The summed E-state index contributed by atoms with van der Waals surface area (Å²) in [6.07, 6.45) is 1.32. The summed E-state index contributed by atoms with van der Waals surface area (Å²) in [5, 5.41) is 22.8. The molecule has 0 aliphatic carbocycles. The lowest BCUT2D eigenvalue weighted by Crippen LogP contribution is -2.13. The number of aryl methyl sites for hydroxylation is 1. The van der Waals surface area contributed by atoms with E-state index in [1.165, 1.54) is 31.4 Å². The van der Waals surface area contributed by atoms with Crippen LogP contribution in [0.5, 0.6) is 11.5 Å². The standard InChI is InChI=1S/C24H19N3O7S/c1-16-3-6-19(7-4-16)26-24(28)18(15-25)13-17-5-12-22(23(14-17)33-2)34-35(31,32)21-10-8-20(9-11-21)27(29)30/h3-14H,1-2H3,(H,26,28)/b18-13-. The van der Waals surface area contributed by atoms with Crippen LogP contribution in [0.15, 0.2) is 77.2 Å². The Morgan fingerprint density at radius 2 is 1.71 bits per heavy atom. The SMILES string of the molecule is COc1cc(/C=C(/C#N)C(=O)Nc2ccc(C)cc2)ccc1OS(=O)(=O)c1ccc([N+](=O)[O-])cc1. The maximum atomic E-state index is 12.6. The molecule has 35 heavy (non-hydrogen) atoms. The van der Waals surface area contributed by atoms with E-state index in [-0.39, 0.29) is 27.7 Å². The fourth-order valence-electron chi connectivity index (χ4n) is 2.89. The molecule has 0 saturated carbocycles. The third-order valence-electron chi connectivity index (χ3n) is 4.71. The number of methoxy groups -OCH3 is 1. The van der Waals surface area contributed by atoms with Crippen LogP contribution in [0.2, 0.25) is 0 Å². The molecule has 0 heterocycles. The molecular weight excluding hydrogens is 474 g/mol. The molecule has 10 nitrogen and oxygen atoms in total. The van der Waals surface area contributed by atoms with E-state index in [2.05, 4.69) is 5.32 Å². The number of carbonyl (C=O) groups excluding carboxylic acids is 1. The lowest BCUT2D eigenvalue weighted by Gasteiger charge is -2.11. The Bertz CT molecular complexity index is 1440. The molecule has 1 N–H and O–H groups in total. The van der Waals surface area contributed by atoms with Gasteiger partial charge in [0, 0.05) is 17.8 Å². The van der Waals surface area contributed by atoms with Crippen molar-refractivity contribution in [3.63, 3.8) is 0 Å². The largest absolute Gasteiger partial charge is 0.493 e. The van der Waals surface area contributed by atoms with E-state index in [1.54, 1.807) is 12.1 Å². The Balaban J connectivity index is 1.83. The topological polar surface area (TPSA) is 149 Å². The zero-order valence-electron chi connectivity index (χ0n) is 18.6. The number of nitro groups is 1. The molecule has 3 aromatic carbocycles. The van der Waals surface area contributed by atoms with Crippen molar-refractivity contribution >= 4 is 33.5 Å². The molecule has 0 fully saturated rings. The maximum absolute atomic E-state index is 12.6. The quantitative estimate of drug-likeness (QED) is 0.161. The van der Waals surface area contributed by atoms with Crippen LogP contribution >= 0.6 is 0 Å². The van der Waals surface area contributed by atoms with E-state index < -0.39 is 20.9 Å². The fraction of sp³-hybridized carbons (Fsp3) is 0.0833. The number of amides is 1. The maximum Gasteiger partial charge on any atom is 0.339 e. The lowest BCUT2D eigenvalue weighted by molar-refractivity contribution is -0.384. The van der Waals surface area contributed by atoms with Crippen LogP contribution in [0, 0.1) is 28.4 Å².